The zero-order valence-electron chi connectivity index (χ0n) is 7.47. The van der Waals surface area contributed by atoms with Gasteiger partial charge in [0.1, 0.15) is 18.4 Å². The summed E-state index contributed by atoms with van der Waals surface area (Å²) in [5, 5.41) is 10.7. The van der Waals surface area contributed by atoms with Crippen molar-refractivity contribution in [2.75, 3.05) is 17.6 Å². The molecule has 0 bridgehead atoms. The normalized spacial score (nSPS) is 10.8. The molecule has 0 spiro atoms. The number of hydrogen-bond acceptors (Lipinski definition) is 4. The fraction of sp³-hybridized carbons (Fsp3) is 0.250. The minimum Gasteiger partial charge on any atom is -0.384 e. The molecule has 80 valence electrons. The first-order valence-electron chi connectivity index (χ1n) is 3.88. The Morgan fingerprint density at radius 2 is 2.20 bits per heavy atom. The summed E-state index contributed by atoms with van der Waals surface area (Å²) in [7, 11) is 0. The van der Waals surface area contributed by atoms with Crippen molar-refractivity contribution in [3.63, 3.8) is 0 Å². The first kappa shape index (κ1) is 11.1. The van der Waals surface area contributed by atoms with Gasteiger partial charge >= 0.3 is 6.18 Å². The zero-order valence-corrected chi connectivity index (χ0v) is 7.47. The average Bonchev–Trinajstić information content (AvgIpc) is 2.14. The molecule has 0 radical (unpaired) electrons. The van der Waals surface area contributed by atoms with E-state index in [1.165, 1.54) is 6.07 Å². The lowest BCUT2D eigenvalue weighted by atomic mass is 10.2. The van der Waals surface area contributed by atoms with Crippen molar-refractivity contribution in [1.29, 1.82) is 5.26 Å². The maximum atomic E-state index is 11.9. The molecular formula is C8H7F3N4. The van der Waals surface area contributed by atoms with E-state index in [0.29, 0.717) is 0 Å². The van der Waals surface area contributed by atoms with Gasteiger partial charge in [-0.2, -0.15) is 18.4 Å². The molecule has 0 aliphatic carbocycles. The maximum absolute atomic E-state index is 11.9. The Labute approximate surface area is 83.5 Å². The standard InChI is InChI=1S/C8H7F3N4/c9-8(10,11)4-15-6-1-7(13)14-3-5(6)2-12/h1,3H,4H2,(H3,13,14,15). The number of nitrogens with one attached hydrogen (secondary N) is 1. The Kier molecular flexibility index (Phi) is 2.99. The predicted octanol–water partition coefficient (Wildman–Crippen LogP) is 1.51. The summed E-state index contributed by atoms with van der Waals surface area (Å²) in [6.45, 7) is -1.22. The highest BCUT2D eigenvalue weighted by Gasteiger charge is 2.27. The highest BCUT2D eigenvalue weighted by Crippen LogP contribution is 2.20. The molecule has 0 fully saturated rings. The van der Waals surface area contributed by atoms with Crippen LogP contribution in [-0.2, 0) is 0 Å². The van der Waals surface area contributed by atoms with E-state index >= 15 is 0 Å². The minimum absolute atomic E-state index is 0.0217. The van der Waals surface area contributed by atoms with Crippen molar-refractivity contribution in [1.82, 2.24) is 4.98 Å². The molecule has 3 N–H and O–H groups in total. The fourth-order valence-corrected chi connectivity index (χ4v) is 0.902. The Morgan fingerprint density at radius 3 is 2.73 bits per heavy atom. The number of pyridine rings is 1. The van der Waals surface area contributed by atoms with Gasteiger partial charge in [0, 0.05) is 12.3 Å². The minimum atomic E-state index is -4.34. The summed E-state index contributed by atoms with van der Waals surface area (Å²) in [6, 6.07) is 2.90. The zero-order chi connectivity index (χ0) is 11.5. The molecular weight excluding hydrogens is 209 g/mol. The van der Waals surface area contributed by atoms with Crippen LogP contribution in [0.15, 0.2) is 12.3 Å². The van der Waals surface area contributed by atoms with Gasteiger partial charge in [-0.15, -0.1) is 0 Å². The van der Waals surface area contributed by atoms with E-state index in [1.807, 2.05) is 0 Å². The molecule has 0 aliphatic rings. The second-order valence-electron chi connectivity index (χ2n) is 2.74. The van der Waals surface area contributed by atoms with E-state index in [4.69, 9.17) is 11.0 Å². The van der Waals surface area contributed by atoms with Crippen LogP contribution in [0.5, 0.6) is 0 Å². The summed E-state index contributed by atoms with van der Waals surface area (Å²) in [5.41, 5.74) is 5.33. The van der Waals surface area contributed by atoms with Crippen LogP contribution in [0.4, 0.5) is 24.7 Å². The molecule has 7 heteroatoms. The van der Waals surface area contributed by atoms with Gasteiger partial charge in [-0.3, -0.25) is 0 Å². The third-order valence-corrected chi connectivity index (χ3v) is 1.52. The second kappa shape index (κ2) is 4.04. The highest BCUT2D eigenvalue weighted by atomic mass is 19.4. The van der Waals surface area contributed by atoms with E-state index in [-0.39, 0.29) is 17.1 Å². The first-order chi connectivity index (χ1) is 6.92. The Hall–Kier alpha value is -1.97. The monoisotopic (exact) mass is 216 g/mol. The molecule has 4 nitrogen and oxygen atoms in total. The quantitative estimate of drug-likeness (QED) is 0.785. The lowest BCUT2D eigenvalue weighted by Crippen LogP contribution is -2.21. The van der Waals surface area contributed by atoms with Crippen LogP contribution in [0.1, 0.15) is 5.56 Å². The van der Waals surface area contributed by atoms with Crippen LogP contribution < -0.4 is 11.1 Å². The van der Waals surface area contributed by atoms with Crippen molar-refractivity contribution in [3.8, 4) is 6.07 Å². The van der Waals surface area contributed by atoms with Gasteiger partial charge in [-0.05, 0) is 0 Å². The number of aromatic nitrogens is 1. The fourth-order valence-electron chi connectivity index (χ4n) is 0.902. The third-order valence-electron chi connectivity index (χ3n) is 1.52. The summed E-state index contributed by atoms with van der Waals surface area (Å²) in [4.78, 5) is 3.59. The van der Waals surface area contributed by atoms with Crippen LogP contribution in [0.3, 0.4) is 0 Å². The lowest BCUT2D eigenvalue weighted by Gasteiger charge is -2.10. The molecule has 15 heavy (non-hydrogen) atoms. The van der Waals surface area contributed by atoms with E-state index in [9.17, 15) is 13.2 Å². The number of hydrogen-bond donors (Lipinski definition) is 2. The Bertz CT molecular complexity index is 394. The van der Waals surface area contributed by atoms with Gasteiger partial charge in [0.2, 0.25) is 0 Å². The van der Waals surface area contributed by atoms with Gasteiger partial charge in [-0.1, -0.05) is 0 Å². The molecule has 1 rings (SSSR count). The summed E-state index contributed by atoms with van der Waals surface area (Å²) >= 11 is 0. The maximum Gasteiger partial charge on any atom is 0.405 e. The number of alkyl halides is 3. The van der Waals surface area contributed by atoms with Crippen LogP contribution in [-0.4, -0.2) is 17.7 Å². The van der Waals surface area contributed by atoms with Gasteiger partial charge in [0.25, 0.3) is 0 Å². The number of nitrogens with two attached hydrogens (primary N) is 1. The van der Waals surface area contributed by atoms with E-state index < -0.39 is 12.7 Å². The lowest BCUT2D eigenvalue weighted by molar-refractivity contribution is -0.115. The first-order valence-corrected chi connectivity index (χ1v) is 3.88. The van der Waals surface area contributed by atoms with Crippen LogP contribution in [0.2, 0.25) is 0 Å². The molecule has 0 saturated heterocycles. The topological polar surface area (TPSA) is 74.7 Å². The Balaban J connectivity index is 2.85. The van der Waals surface area contributed by atoms with E-state index in [1.54, 1.807) is 6.07 Å². The molecule has 0 atom stereocenters. The predicted molar refractivity (Wildman–Crippen MR) is 47.9 cm³/mol. The summed E-state index contributed by atoms with van der Waals surface area (Å²) in [5.74, 6) is 0.0543. The van der Waals surface area contributed by atoms with E-state index in [0.717, 1.165) is 6.20 Å². The van der Waals surface area contributed by atoms with Crippen molar-refractivity contribution in [3.05, 3.63) is 17.8 Å². The largest absolute Gasteiger partial charge is 0.405 e. The van der Waals surface area contributed by atoms with Gasteiger partial charge in [-0.25, -0.2) is 4.98 Å². The molecule has 0 aliphatic heterocycles. The number of nitrogen functional groups attached to an aromatic ring is 1. The van der Waals surface area contributed by atoms with Crippen molar-refractivity contribution in [2.24, 2.45) is 0 Å². The molecule has 0 aromatic carbocycles. The molecule has 0 amide bonds. The number of anilines is 2. The second-order valence-corrected chi connectivity index (χ2v) is 2.74. The number of nitrogens with zero attached hydrogens (tertiary/aromatic N) is 2. The van der Waals surface area contributed by atoms with Crippen molar-refractivity contribution >= 4 is 11.5 Å². The van der Waals surface area contributed by atoms with Crippen molar-refractivity contribution < 1.29 is 13.2 Å². The smallest absolute Gasteiger partial charge is 0.384 e. The van der Waals surface area contributed by atoms with E-state index in [2.05, 4.69) is 10.3 Å². The van der Waals surface area contributed by atoms with Crippen LogP contribution in [0.25, 0.3) is 0 Å². The molecule has 0 saturated carbocycles. The summed E-state index contributed by atoms with van der Waals surface area (Å²) < 4.78 is 35.7. The highest BCUT2D eigenvalue weighted by molar-refractivity contribution is 5.60. The third kappa shape index (κ3) is 3.34. The van der Waals surface area contributed by atoms with Crippen molar-refractivity contribution in [2.45, 2.75) is 6.18 Å². The number of halogens is 3. The molecule has 1 heterocycles. The van der Waals surface area contributed by atoms with Gasteiger partial charge < -0.3 is 11.1 Å². The van der Waals surface area contributed by atoms with Crippen LogP contribution in [0, 0.1) is 11.3 Å². The molecule has 1 aromatic heterocycles. The number of nitriles is 1. The van der Waals surface area contributed by atoms with Gasteiger partial charge in [0.05, 0.1) is 11.3 Å². The molecule has 1 aromatic rings. The number of rotatable bonds is 2. The van der Waals surface area contributed by atoms with Crippen LogP contribution >= 0.6 is 0 Å². The summed E-state index contributed by atoms with van der Waals surface area (Å²) in [6.07, 6.45) is -3.22. The SMILES string of the molecule is N#Cc1cnc(N)cc1NCC(F)(F)F. The average molecular weight is 216 g/mol. The molecule has 0 unspecified atom stereocenters. The Morgan fingerprint density at radius 1 is 1.53 bits per heavy atom. The van der Waals surface area contributed by atoms with Gasteiger partial charge in [0.15, 0.2) is 0 Å².